The Morgan fingerprint density at radius 2 is 1.82 bits per heavy atom. The van der Waals surface area contributed by atoms with Crippen LogP contribution in [0.3, 0.4) is 0 Å². The minimum absolute atomic E-state index is 0.313. The van der Waals surface area contributed by atoms with Gasteiger partial charge >= 0.3 is 0 Å². The number of hydrogen-bond donors (Lipinski definition) is 1. The molecule has 0 amide bonds. The summed E-state index contributed by atoms with van der Waals surface area (Å²) in [6.45, 7) is 0. The summed E-state index contributed by atoms with van der Waals surface area (Å²) >= 11 is 1.93. The largest absolute Gasteiger partial charge is 0.457 e. The summed E-state index contributed by atoms with van der Waals surface area (Å²) in [4.78, 5) is 12.1. The Kier molecular flexibility index (Phi) is 4.42. The summed E-state index contributed by atoms with van der Waals surface area (Å²) in [7, 11) is 0. The lowest BCUT2D eigenvalue weighted by molar-refractivity contribution is 0.476. The van der Waals surface area contributed by atoms with Crippen LogP contribution in [-0.4, -0.2) is 15.0 Å². The molecule has 0 aliphatic heterocycles. The molecular weight excluding hydrogens is 398 g/mol. The number of anilines is 2. The lowest BCUT2D eigenvalue weighted by Crippen LogP contribution is -1.96. The first-order chi connectivity index (χ1) is 10.7. The van der Waals surface area contributed by atoms with Gasteiger partial charge in [0, 0.05) is 28.1 Å². The van der Waals surface area contributed by atoms with Crippen molar-refractivity contribution in [2.75, 3.05) is 5.32 Å². The molecule has 1 aromatic carbocycles. The molecule has 0 fully saturated rings. The van der Waals surface area contributed by atoms with Crippen molar-refractivity contribution in [1.29, 1.82) is 0 Å². The van der Waals surface area contributed by atoms with E-state index in [9.17, 15) is 4.39 Å². The molecule has 110 valence electrons. The van der Waals surface area contributed by atoms with Gasteiger partial charge in [-0.2, -0.15) is 0 Å². The third-order valence-electron chi connectivity index (χ3n) is 2.70. The first-order valence-electron chi connectivity index (χ1n) is 6.33. The van der Waals surface area contributed by atoms with Crippen molar-refractivity contribution >= 4 is 34.2 Å². The topological polar surface area (TPSA) is 59.9 Å². The maximum atomic E-state index is 13.5. The van der Waals surface area contributed by atoms with Gasteiger partial charge in [-0.15, -0.1) is 0 Å². The highest BCUT2D eigenvalue weighted by Crippen LogP contribution is 2.25. The van der Waals surface area contributed by atoms with Crippen LogP contribution in [0, 0.1) is 9.39 Å². The van der Waals surface area contributed by atoms with Gasteiger partial charge in [0.1, 0.15) is 35.3 Å². The fourth-order valence-corrected chi connectivity index (χ4v) is 2.05. The van der Waals surface area contributed by atoms with Crippen LogP contribution in [0.1, 0.15) is 0 Å². The molecule has 5 nitrogen and oxygen atoms in total. The smallest absolute Gasteiger partial charge is 0.140 e. The van der Waals surface area contributed by atoms with Gasteiger partial charge in [0.25, 0.3) is 0 Å². The van der Waals surface area contributed by atoms with Crippen LogP contribution >= 0.6 is 22.6 Å². The Hall–Kier alpha value is -2.29. The number of nitrogens with one attached hydrogen (secondary N) is 1. The molecule has 0 atom stereocenters. The summed E-state index contributed by atoms with van der Waals surface area (Å²) in [6, 6.07) is 9.84. The van der Waals surface area contributed by atoms with Gasteiger partial charge in [0.05, 0.1) is 0 Å². The van der Waals surface area contributed by atoms with Crippen LogP contribution in [0.2, 0.25) is 0 Å². The number of halogens is 2. The fourth-order valence-electron chi connectivity index (χ4n) is 1.72. The molecule has 0 unspecified atom stereocenters. The molecule has 0 bridgehead atoms. The van der Waals surface area contributed by atoms with Crippen molar-refractivity contribution in [3.63, 3.8) is 0 Å². The van der Waals surface area contributed by atoms with Crippen LogP contribution in [0.25, 0.3) is 0 Å². The van der Waals surface area contributed by atoms with Gasteiger partial charge in [0.15, 0.2) is 0 Å². The van der Waals surface area contributed by atoms with Crippen LogP contribution < -0.4 is 10.1 Å². The molecule has 3 rings (SSSR count). The van der Waals surface area contributed by atoms with Crippen LogP contribution in [0.5, 0.6) is 11.5 Å². The first-order valence-corrected chi connectivity index (χ1v) is 7.40. The quantitative estimate of drug-likeness (QED) is 0.658. The molecule has 0 saturated carbocycles. The number of pyridine rings is 1. The van der Waals surface area contributed by atoms with Crippen molar-refractivity contribution in [1.82, 2.24) is 15.0 Å². The number of hydrogen-bond acceptors (Lipinski definition) is 5. The third kappa shape index (κ3) is 3.67. The van der Waals surface area contributed by atoms with E-state index in [0.29, 0.717) is 26.7 Å². The maximum absolute atomic E-state index is 13.5. The number of nitrogens with zero attached hydrogens (tertiary/aromatic N) is 3. The Bertz CT molecular complexity index is 786. The highest BCUT2D eigenvalue weighted by atomic mass is 127. The molecule has 0 aliphatic rings. The highest BCUT2D eigenvalue weighted by Gasteiger charge is 2.04. The van der Waals surface area contributed by atoms with Gasteiger partial charge in [-0.05, 0) is 46.9 Å². The fraction of sp³-hybridized carbons (Fsp3) is 0. The second kappa shape index (κ2) is 6.65. The van der Waals surface area contributed by atoms with E-state index in [1.165, 1.54) is 12.4 Å². The Morgan fingerprint density at radius 1 is 0.955 bits per heavy atom. The average molecular weight is 408 g/mol. The number of rotatable bonds is 4. The molecule has 3 aromatic rings. The minimum Gasteiger partial charge on any atom is -0.457 e. The normalized spacial score (nSPS) is 10.3. The maximum Gasteiger partial charge on any atom is 0.140 e. The molecule has 0 radical (unpaired) electrons. The minimum atomic E-state index is -0.313. The molecule has 0 saturated heterocycles. The van der Waals surface area contributed by atoms with E-state index in [1.807, 2.05) is 22.6 Å². The summed E-state index contributed by atoms with van der Waals surface area (Å²) in [5, 5.41) is 3.03. The zero-order valence-electron chi connectivity index (χ0n) is 11.2. The van der Waals surface area contributed by atoms with E-state index in [2.05, 4.69) is 20.3 Å². The summed E-state index contributed by atoms with van der Waals surface area (Å²) in [5.41, 5.74) is 0. The van der Waals surface area contributed by atoms with Crippen molar-refractivity contribution < 1.29 is 9.13 Å². The number of benzene rings is 1. The van der Waals surface area contributed by atoms with E-state index in [0.717, 1.165) is 0 Å². The molecule has 0 aliphatic carbocycles. The Morgan fingerprint density at radius 3 is 2.59 bits per heavy atom. The molecule has 22 heavy (non-hydrogen) atoms. The van der Waals surface area contributed by atoms with Crippen LogP contribution in [0.15, 0.2) is 55.1 Å². The number of aromatic nitrogens is 3. The molecule has 2 heterocycles. The summed E-state index contributed by atoms with van der Waals surface area (Å²) < 4.78 is 19.7. The zero-order chi connectivity index (χ0) is 15.4. The predicted molar refractivity (Wildman–Crippen MR) is 88.7 cm³/mol. The zero-order valence-corrected chi connectivity index (χ0v) is 13.4. The predicted octanol–water partition coefficient (Wildman–Crippen LogP) is 4.15. The third-order valence-corrected chi connectivity index (χ3v) is 3.57. The van der Waals surface area contributed by atoms with Gasteiger partial charge < -0.3 is 10.1 Å². The highest BCUT2D eigenvalue weighted by molar-refractivity contribution is 14.1. The van der Waals surface area contributed by atoms with Gasteiger partial charge in [-0.25, -0.2) is 19.3 Å². The van der Waals surface area contributed by atoms with Crippen molar-refractivity contribution in [2.45, 2.75) is 0 Å². The molecule has 2 aromatic heterocycles. The van der Waals surface area contributed by atoms with Gasteiger partial charge in [-0.3, -0.25) is 0 Å². The lowest BCUT2D eigenvalue weighted by atomic mass is 10.3. The second-order valence-corrected chi connectivity index (χ2v) is 5.44. The molecule has 1 N–H and O–H groups in total. The van der Waals surface area contributed by atoms with E-state index >= 15 is 0 Å². The molecule has 7 heteroatoms. The van der Waals surface area contributed by atoms with Crippen molar-refractivity contribution in [2.24, 2.45) is 0 Å². The summed E-state index contributed by atoms with van der Waals surface area (Å²) in [5.74, 6) is 1.86. The van der Waals surface area contributed by atoms with E-state index in [1.54, 1.807) is 42.7 Å². The monoisotopic (exact) mass is 408 g/mol. The Labute approximate surface area is 139 Å². The van der Waals surface area contributed by atoms with Crippen molar-refractivity contribution in [3.05, 3.63) is 64.5 Å². The van der Waals surface area contributed by atoms with E-state index in [-0.39, 0.29) is 5.82 Å². The van der Waals surface area contributed by atoms with Gasteiger partial charge in [0.2, 0.25) is 0 Å². The number of ether oxygens (including phenoxy) is 1. The standard InChI is InChI=1S/C15H10FIN4O/c16-12-7-10(1-2-13(12)17)22-11-3-6-19-15(8-11)21-14-4-5-18-9-20-14/h1-9H,(H,18,19,20,21). The second-order valence-electron chi connectivity index (χ2n) is 4.27. The lowest BCUT2D eigenvalue weighted by Gasteiger charge is -2.08. The summed E-state index contributed by atoms with van der Waals surface area (Å²) in [6.07, 6.45) is 4.67. The van der Waals surface area contributed by atoms with Crippen molar-refractivity contribution in [3.8, 4) is 11.5 Å². The SMILES string of the molecule is Fc1cc(Oc2ccnc(Nc3ccncn3)c2)ccc1I. The first kappa shape index (κ1) is 14.6. The van der Waals surface area contributed by atoms with Crippen LogP contribution in [-0.2, 0) is 0 Å². The Balaban J connectivity index is 1.77. The van der Waals surface area contributed by atoms with E-state index < -0.39 is 0 Å². The van der Waals surface area contributed by atoms with Crippen LogP contribution in [0.4, 0.5) is 16.0 Å². The van der Waals surface area contributed by atoms with Gasteiger partial charge in [-0.1, -0.05) is 0 Å². The average Bonchev–Trinajstić information content (AvgIpc) is 2.52. The van der Waals surface area contributed by atoms with E-state index in [4.69, 9.17) is 4.74 Å². The molecule has 0 spiro atoms. The molecular formula is C15H10FIN4O.